The molecule has 0 radical (unpaired) electrons. The summed E-state index contributed by atoms with van der Waals surface area (Å²) in [5, 5.41) is 0. The molecule has 31 heavy (non-hydrogen) atoms. The van der Waals surface area contributed by atoms with E-state index in [0.29, 0.717) is 13.0 Å². The molecule has 1 saturated heterocycles. The van der Waals surface area contributed by atoms with Crippen LogP contribution in [0.3, 0.4) is 0 Å². The van der Waals surface area contributed by atoms with Gasteiger partial charge in [0.05, 0.1) is 13.7 Å². The lowest BCUT2D eigenvalue weighted by molar-refractivity contribution is -0.149. The normalized spacial score (nSPS) is 19.7. The second kappa shape index (κ2) is 9.62. The van der Waals surface area contributed by atoms with Gasteiger partial charge in [0.2, 0.25) is 5.91 Å². The average Bonchev–Trinajstić information content (AvgIpc) is 2.80. The Hall–Kier alpha value is -2.70. The Labute approximate surface area is 184 Å². The molecular formula is C25H31N3O3. The van der Waals surface area contributed by atoms with E-state index in [4.69, 9.17) is 4.74 Å². The van der Waals surface area contributed by atoms with Crippen LogP contribution in [0.5, 0.6) is 0 Å². The zero-order chi connectivity index (χ0) is 21.8. The van der Waals surface area contributed by atoms with E-state index in [0.717, 1.165) is 38.3 Å². The minimum absolute atomic E-state index is 0.0869. The Bertz CT molecular complexity index is 937. The topological polar surface area (TPSA) is 53.1 Å². The number of benzene rings is 2. The Morgan fingerprint density at radius 3 is 2.35 bits per heavy atom. The number of carbonyl (C=O) groups excluding carboxylic acids is 2. The van der Waals surface area contributed by atoms with Crippen LogP contribution in [-0.2, 0) is 33.8 Å². The second-order valence-electron chi connectivity index (χ2n) is 8.50. The van der Waals surface area contributed by atoms with Gasteiger partial charge in [-0.25, -0.2) is 0 Å². The summed E-state index contributed by atoms with van der Waals surface area (Å²) in [6, 6.07) is 16.2. The lowest BCUT2D eigenvalue weighted by Gasteiger charge is -2.38. The number of piperazine rings is 1. The predicted octanol–water partition coefficient (Wildman–Crippen LogP) is 2.24. The Balaban J connectivity index is 1.35. The van der Waals surface area contributed by atoms with Crippen LogP contribution in [0, 0.1) is 6.92 Å². The second-order valence-corrected chi connectivity index (χ2v) is 8.50. The summed E-state index contributed by atoms with van der Waals surface area (Å²) >= 11 is 0. The van der Waals surface area contributed by atoms with E-state index in [2.05, 4.69) is 48.2 Å². The number of hydrogen-bond acceptors (Lipinski definition) is 5. The molecule has 2 aromatic carbocycles. The van der Waals surface area contributed by atoms with Gasteiger partial charge in [-0.1, -0.05) is 48.5 Å². The summed E-state index contributed by atoms with van der Waals surface area (Å²) in [5.41, 5.74) is 4.99. The molecule has 2 aromatic rings. The van der Waals surface area contributed by atoms with Crippen molar-refractivity contribution < 1.29 is 14.3 Å². The van der Waals surface area contributed by atoms with Crippen molar-refractivity contribution in [1.29, 1.82) is 0 Å². The fraction of sp³-hybridized carbons (Fsp3) is 0.440. The molecule has 0 bridgehead atoms. The number of nitrogens with zero attached hydrogens (tertiary/aromatic N) is 3. The minimum Gasteiger partial charge on any atom is -0.468 e. The Kier molecular flexibility index (Phi) is 6.68. The maximum atomic E-state index is 13.1. The first-order valence-electron chi connectivity index (χ1n) is 11.0. The smallest absolute Gasteiger partial charge is 0.323 e. The average molecular weight is 422 g/mol. The Morgan fingerprint density at radius 2 is 1.65 bits per heavy atom. The first-order valence-corrected chi connectivity index (χ1v) is 11.0. The monoisotopic (exact) mass is 421 g/mol. The van der Waals surface area contributed by atoms with Crippen LogP contribution >= 0.6 is 0 Å². The Morgan fingerprint density at radius 1 is 0.968 bits per heavy atom. The number of fused-ring (bicyclic) bond motifs is 1. The van der Waals surface area contributed by atoms with Gasteiger partial charge in [0, 0.05) is 39.3 Å². The van der Waals surface area contributed by atoms with Crippen LogP contribution in [0.1, 0.15) is 22.3 Å². The van der Waals surface area contributed by atoms with Crippen LogP contribution in [0.4, 0.5) is 0 Å². The maximum Gasteiger partial charge on any atom is 0.323 e. The van der Waals surface area contributed by atoms with Crippen molar-refractivity contribution in [2.24, 2.45) is 0 Å². The van der Waals surface area contributed by atoms with Gasteiger partial charge in [-0.2, -0.15) is 0 Å². The summed E-state index contributed by atoms with van der Waals surface area (Å²) < 4.78 is 5.03. The van der Waals surface area contributed by atoms with E-state index in [1.54, 1.807) is 0 Å². The van der Waals surface area contributed by atoms with Gasteiger partial charge in [0.25, 0.3) is 0 Å². The third-order valence-electron chi connectivity index (χ3n) is 6.54. The number of hydrogen-bond donors (Lipinski definition) is 0. The number of esters is 1. The number of rotatable bonds is 5. The molecule has 2 aliphatic rings. The highest BCUT2D eigenvalue weighted by Gasteiger charge is 2.34. The largest absolute Gasteiger partial charge is 0.468 e. The molecule has 1 amide bonds. The van der Waals surface area contributed by atoms with Gasteiger partial charge in [0.15, 0.2) is 0 Å². The van der Waals surface area contributed by atoms with Gasteiger partial charge in [-0.05, 0) is 35.6 Å². The van der Waals surface area contributed by atoms with Crippen molar-refractivity contribution in [2.45, 2.75) is 32.5 Å². The van der Waals surface area contributed by atoms with E-state index < -0.39 is 6.04 Å². The minimum atomic E-state index is -0.411. The summed E-state index contributed by atoms with van der Waals surface area (Å²) in [4.78, 5) is 31.8. The maximum absolute atomic E-state index is 13.1. The highest BCUT2D eigenvalue weighted by molar-refractivity contribution is 5.81. The van der Waals surface area contributed by atoms with Gasteiger partial charge >= 0.3 is 5.97 Å². The predicted molar refractivity (Wildman–Crippen MR) is 119 cm³/mol. The van der Waals surface area contributed by atoms with Crippen LogP contribution in [0.2, 0.25) is 0 Å². The molecule has 2 heterocycles. The van der Waals surface area contributed by atoms with Crippen molar-refractivity contribution in [3.05, 3.63) is 70.8 Å². The molecule has 0 aliphatic carbocycles. The van der Waals surface area contributed by atoms with E-state index >= 15 is 0 Å². The number of ether oxygens (including phenoxy) is 1. The molecule has 1 fully saturated rings. The quantitative estimate of drug-likeness (QED) is 0.693. The van der Waals surface area contributed by atoms with Crippen molar-refractivity contribution in [3.8, 4) is 0 Å². The third-order valence-corrected chi connectivity index (χ3v) is 6.54. The molecule has 1 atom stereocenters. The SMILES string of the molecule is COC(=O)C1Cc2ccccc2CN1CC(=O)N1CCN(Cc2ccccc2C)CC1. The summed E-state index contributed by atoms with van der Waals surface area (Å²) in [6.07, 6.45) is 0.584. The molecule has 0 aromatic heterocycles. The summed E-state index contributed by atoms with van der Waals surface area (Å²) in [5.74, 6) is -0.186. The fourth-order valence-corrected chi connectivity index (χ4v) is 4.57. The third kappa shape index (κ3) is 4.97. The van der Waals surface area contributed by atoms with Crippen LogP contribution in [0.25, 0.3) is 0 Å². The zero-order valence-electron chi connectivity index (χ0n) is 18.4. The number of methoxy groups -OCH3 is 1. The fourth-order valence-electron chi connectivity index (χ4n) is 4.57. The summed E-state index contributed by atoms with van der Waals surface area (Å²) in [6.45, 7) is 7.06. The standard InChI is InChI=1S/C25H31N3O3/c1-19-7-3-4-9-21(19)16-26-11-13-27(14-12-26)24(29)18-28-17-22-10-6-5-8-20(22)15-23(28)25(30)31-2/h3-10,23H,11-18H2,1-2H3. The molecular weight excluding hydrogens is 390 g/mol. The molecule has 0 spiro atoms. The van der Waals surface area contributed by atoms with Gasteiger partial charge in [-0.15, -0.1) is 0 Å². The van der Waals surface area contributed by atoms with Gasteiger partial charge in [0.1, 0.15) is 6.04 Å². The van der Waals surface area contributed by atoms with Crippen molar-refractivity contribution in [1.82, 2.24) is 14.7 Å². The molecule has 0 saturated carbocycles. The lowest BCUT2D eigenvalue weighted by Crippen LogP contribution is -2.54. The molecule has 2 aliphatic heterocycles. The van der Waals surface area contributed by atoms with Crippen molar-refractivity contribution in [2.75, 3.05) is 39.8 Å². The number of carbonyl (C=O) groups is 2. The van der Waals surface area contributed by atoms with Crippen LogP contribution < -0.4 is 0 Å². The molecule has 0 N–H and O–H groups in total. The first-order chi connectivity index (χ1) is 15.0. The van der Waals surface area contributed by atoms with E-state index in [9.17, 15) is 9.59 Å². The molecule has 164 valence electrons. The molecule has 4 rings (SSSR count). The number of aryl methyl sites for hydroxylation is 1. The number of amides is 1. The molecule has 6 nitrogen and oxygen atoms in total. The lowest BCUT2D eigenvalue weighted by atomic mass is 9.94. The molecule has 1 unspecified atom stereocenters. The van der Waals surface area contributed by atoms with Gasteiger partial charge < -0.3 is 9.64 Å². The van der Waals surface area contributed by atoms with E-state index in [1.165, 1.54) is 23.8 Å². The highest BCUT2D eigenvalue weighted by atomic mass is 16.5. The van der Waals surface area contributed by atoms with Crippen molar-refractivity contribution in [3.63, 3.8) is 0 Å². The van der Waals surface area contributed by atoms with Crippen LogP contribution in [0.15, 0.2) is 48.5 Å². The van der Waals surface area contributed by atoms with E-state index in [1.807, 2.05) is 21.9 Å². The van der Waals surface area contributed by atoms with E-state index in [-0.39, 0.29) is 18.4 Å². The zero-order valence-corrected chi connectivity index (χ0v) is 18.4. The molecule has 6 heteroatoms. The van der Waals surface area contributed by atoms with Crippen molar-refractivity contribution >= 4 is 11.9 Å². The van der Waals surface area contributed by atoms with Crippen LogP contribution in [-0.4, -0.2) is 72.5 Å². The van der Waals surface area contributed by atoms with Gasteiger partial charge in [-0.3, -0.25) is 19.4 Å². The highest BCUT2D eigenvalue weighted by Crippen LogP contribution is 2.24. The summed E-state index contributed by atoms with van der Waals surface area (Å²) in [7, 11) is 1.41. The first kappa shape index (κ1) is 21.5.